The highest BCUT2D eigenvalue weighted by molar-refractivity contribution is 7.16. The maximum atomic E-state index is 14.4. The molecule has 9 heteroatoms. The van der Waals surface area contributed by atoms with E-state index < -0.39 is 17.3 Å². The van der Waals surface area contributed by atoms with Crippen molar-refractivity contribution < 1.29 is 18.7 Å². The number of anilines is 1. The molecule has 0 aliphatic rings. The van der Waals surface area contributed by atoms with Gasteiger partial charge in [0, 0.05) is 17.2 Å². The Labute approximate surface area is 176 Å². The van der Waals surface area contributed by atoms with Crippen molar-refractivity contribution in [2.45, 2.75) is 34.1 Å². The molecule has 30 heavy (non-hydrogen) atoms. The van der Waals surface area contributed by atoms with E-state index in [-0.39, 0.29) is 51.5 Å². The van der Waals surface area contributed by atoms with Gasteiger partial charge in [-0.2, -0.15) is 9.78 Å². The lowest BCUT2D eigenvalue weighted by atomic mass is 9.92. The standard InChI is InChI=1S/C21H22FN3O4S/c1-5-29-20(28)17-12-11-30-18(23-15(26)10-21(2,3)4)16(12)19(27)25(24-17)14-9-7-6-8-13(14)22/h6-9,11H,5,10H2,1-4H3,(H,23,26). The smallest absolute Gasteiger partial charge is 0.359 e. The van der Waals surface area contributed by atoms with Crippen molar-refractivity contribution in [2.24, 2.45) is 5.41 Å². The number of rotatable bonds is 5. The van der Waals surface area contributed by atoms with E-state index in [2.05, 4.69) is 10.4 Å². The minimum absolute atomic E-state index is 0.0866. The molecule has 0 radical (unpaired) electrons. The van der Waals surface area contributed by atoms with Crippen molar-refractivity contribution in [3.05, 3.63) is 51.5 Å². The van der Waals surface area contributed by atoms with E-state index in [9.17, 15) is 18.8 Å². The number of nitrogens with zero attached hydrogens (tertiary/aromatic N) is 2. The zero-order chi connectivity index (χ0) is 22.1. The molecule has 1 aromatic carbocycles. The highest BCUT2D eigenvalue weighted by atomic mass is 32.1. The van der Waals surface area contributed by atoms with E-state index >= 15 is 0 Å². The van der Waals surface area contributed by atoms with Crippen molar-refractivity contribution >= 4 is 39.0 Å². The second-order valence-electron chi connectivity index (χ2n) is 7.88. The van der Waals surface area contributed by atoms with Crippen molar-refractivity contribution in [1.29, 1.82) is 0 Å². The summed E-state index contributed by atoms with van der Waals surface area (Å²) in [6.07, 6.45) is 0.240. The minimum Gasteiger partial charge on any atom is -0.461 e. The number of carbonyl (C=O) groups is 2. The first-order valence-electron chi connectivity index (χ1n) is 9.39. The van der Waals surface area contributed by atoms with Gasteiger partial charge in [0.2, 0.25) is 5.91 Å². The number of aromatic nitrogens is 2. The van der Waals surface area contributed by atoms with Gasteiger partial charge in [-0.05, 0) is 24.5 Å². The van der Waals surface area contributed by atoms with E-state index in [0.29, 0.717) is 0 Å². The van der Waals surface area contributed by atoms with Gasteiger partial charge in [0.1, 0.15) is 16.5 Å². The Hall–Kier alpha value is -3.07. The summed E-state index contributed by atoms with van der Waals surface area (Å²) in [7, 11) is 0. The quantitative estimate of drug-likeness (QED) is 0.613. The fourth-order valence-electron chi connectivity index (χ4n) is 2.93. The van der Waals surface area contributed by atoms with Crippen LogP contribution in [-0.2, 0) is 9.53 Å². The molecular weight excluding hydrogens is 409 g/mol. The van der Waals surface area contributed by atoms with Crippen molar-refractivity contribution in [2.75, 3.05) is 11.9 Å². The van der Waals surface area contributed by atoms with E-state index in [0.717, 1.165) is 16.0 Å². The number of esters is 1. The molecule has 0 atom stereocenters. The monoisotopic (exact) mass is 431 g/mol. The largest absolute Gasteiger partial charge is 0.461 e. The first-order valence-corrected chi connectivity index (χ1v) is 10.3. The van der Waals surface area contributed by atoms with Gasteiger partial charge in [0.05, 0.1) is 12.0 Å². The first kappa shape index (κ1) is 21.6. The third kappa shape index (κ3) is 4.40. The molecule has 0 aliphatic heterocycles. The number of carbonyl (C=O) groups excluding carboxylic acids is 2. The summed E-state index contributed by atoms with van der Waals surface area (Å²) >= 11 is 1.10. The van der Waals surface area contributed by atoms with Crippen molar-refractivity contribution in [1.82, 2.24) is 9.78 Å². The Kier molecular flexibility index (Phi) is 6.02. The number of ether oxygens (including phenoxy) is 1. The van der Waals surface area contributed by atoms with Crippen LogP contribution in [0.25, 0.3) is 16.5 Å². The topological polar surface area (TPSA) is 90.3 Å². The Bertz CT molecular complexity index is 1180. The highest BCUT2D eigenvalue weighted by Crippen LogP contribution is 2.31. The van der Waals surface area contributed by atoms with E-state index in [4.69, 9.17) is 4.74 Å². The molecule has 1 N–H and O–H groups in total. The molecule has 0 spiro atoms. The average molecular weight is 431 g/mol. The first-order chi connectivity index (χ1) is 14.1. The van der Waals surface area contributed by atoms with Gasteiger partial charge >= 0.3 is 5.97 Å². The molecule has 3 aromatic rings. The van der Waals surface area contributed by atoms with Gasteiger partial charge in [-0.3, -0.25) is 9.59 Å². The number of hydrogen-bond acceptors (Lipinski definition) is 6. The average Bonchev–Trinajstić information content (AvgIpc) is 3.05. The third-order valence-electron chi connectivity index (χ3n) is 4.15. The molecule has 0 fully saturated rings. The molecule has 0 saturated heterocycles. The second-order valence-corrected chi connectivity index (χ2v) is 8.76. The molecule has 7 nitrogen and oxygen atoms in total. The van der Waals surface area contributed by atoms with E-state index in [1.165, 1.54) is 18.2 Å². The summed E-state index contributed by atoms with van der Waals surface area (Å²) in [5, 5.41) is 9.01. The van der Waals surface area contributed by atoms with Crippen LogP contribution in [0.15, 0.2) is 34.4 Å². The molecule has 0 saturated carbocycles. The fourth-order valence-corrected chi connectivity index (χ4v) is 3.88. The minimum atomic E-state index is -0.738. The third-order valence-corrected chi connectivity index (χ3v) is 5.04. The number of fused-ring (bicyclic) bond motifs is 1. The lowest BCUT2D eigenvalue weighted by Gasteiger charge is -2.17. The SMILES string of the molecule is CCOC(=O)c1nn(-c2ccccc2F)c(=O)c2c(NC(=O)CC(C)(C)C)scc12. The summed E-state index contributed by atoms with van der Waals surface area (Å²) in [5.41, 5.74) is -1.12. The van der Waals surface area contributed by atoms with Gasteiger partial charge in [0.15, 0.2) is 5.69 Å². The van der Waals surface area contributed by atoms with Crippen LogP contribution in [0.2, 0.25) is 0 Å². The molecule has 158 valence electrons. The predicted molar refractivity (Wildman–Crippen MR) is 114 cm³/mol. The van der Waals surface area contributed by atoms with Crippen LogP contribution >= 0.6 is 11.3 Å². The van der Waals surface area contributed by atoms with Crippen LogP contribution in [0.4, 0.5) is 9.39 Å². The lowest BCUT2D eigenvalue weighted by Crippen LogP contribution is -2.26. The Morgan fingerprint density at radius 1 is 1.27 bits per heavy atom. The van der Waals surface area contributed by atoms with Gasteiger partial charge in [-0.15, -0.1) is 11.3 Å². The van der Waals surface area contributed by atoms with Gasteiger partial charge in [-0.25, -0.2) is 9.18 Å². The molecule has 0 aliphatic carbocycles. The molecule has 3 rings (SSSR count). The number of hydrogen-bond donors (Lipinski definition) is 1. The van der Waals surface area contributed by atoms with Crippen LogP contribution in [0.5, 0.6) is 0 Å². The number of halogens is 1. The van der Waals surface area contributed by atoms with Crippen LogP contribution < -0.4 is 10.9 Å². The molecule has 1 amide bonds. The molecular formula is C21H22FN3O4S. The Morgan fingerprint density at radius 3 is 2.60 bits per heavy atom. The van der Waals surface area contributed by atoms with Gasteiger partial charge < -0.3 is 10.1 Å². The summed E-state index contributed by atoms with van der Waals surface area (Å²) < 4.78 is 20.3. The molecule has 0 unspecified atom stereocenters. The summed E-state index contributed by atoms with van der Waals surface area (Å²) in [4.78, 5) is 38.1. The zero-order valence-electron chi connectivity index (χ0n) is 17.1. The Morgan fingerprint density at radius 2 is 1.97 bits per heavy atom. The van der Waals surface area contributed by atoms with E-state index in [1.54, 1.807) is 18.4 Å². The van der Waals surface area contributed by atoms with Crippen LogP contribution in [-0.4, -0.2) is 28.3 Å². The number of amides is 1. The number of benzene rings is 1. The summed E-state index contributed by atoms with van der Waals surface area (Å²) in [6.45, 7) is 7.53. The van der Waals surface area contributed by atoms with Crippen LogP contribution in [0.1, 0.15) is 44.6 Å². The second kappa shape index (κ2) is 8.35. The van der Waals surface area contributed by atoms with Crippen LogP contribution in [0.3, 0.4) is 0 Å². The van der Waals surface area contributed by atoms with Gasteiger partial charge in [0.25, 0.3) is 5.56 Å². The molecule has 0 bridgehead atoms. The number of para-hydroxylation sites is 1. The predicted octanol–water partition coefficient (Wildman–Crippen LogP) is 4.14. The summed E-state index contributed by atoms with van der Waals surface area (Å²) in [6, 6.07) is 5.61. The maximum absolute atomic E-state index is 14.4. The highest BCUT2D eigenvalue weighted by Gasteiger charge is 2.24. The van der Waals surface area contributed by atoms with E-state index in [1.807, 2.05) is 20.8 Å². The van der Waals surface area contributed by atoms with Gasteiger partial charge in [-0.1, -0.05) is 32.9 Å². The summed E-state index contributed by atoms with van der Waals surface area (Å²) in [5.74, 6) is -1.68. The maximum Gasteiger partial charge on any atom is 0.359 e. The molecule has 2 aromatic heterocycles. The number of thiophene rings is 1. The van der Waals surface area contributed by atoms with Crippen molar-refractivity contribution in [3.63, 3.8) is 0 Å². The Balaban J connectivity index is 2.22. The van der Waals surface area contributed by atoms with Crippen molar-refractivity contribution in [3.8, 4) is 5.69 Å². The lowest BCUT2D eigenvalue weighted by molar-refractivity contribution is -0.117. The molecule has 2 heterocycles. The van der Waals surface area contributed by atoms with Crippen LogP contribution in [0, 0.1) is 11.2 Å². The zero-order valence-corrected chi connectivity index (χ0v) is 17.9. The fraction of sp³-hybridized carbons (Fsp3) is 0.333. The number of nitrogens with one attached hydrogen (secondary N) is 1. The normalized spacial score (nSPS) is 11.5.